The predicted octanol–water partition coefficient (Wildman–Crippen LogP) is 2.26. The molecular weight excluding hydrogens is 283 g/mol. The van der Waals surface area contributed by atoms with E-state index in [1.165, 1.54) is 12.1 Å². The Hall–Kier alpha value is -1.46. The minimum absolute atomic E-state index is 0.155. The largest absolute Gasteiger partial charge is 0.370 e. The van der Waals surface area contributed by atoms with E-state index >= 15 is 0 Å². The number of nitrogens with one attached hydrogen (secondary N) is 1. The first kappa shape index (κ1) is 15.4. The molecule has 1 aromatic carbocycles. The number of nitrogens with zero attached hydrogens (tertiary/aromatic N) is 1. The van der Waals surface area contributed by atoms with Crippen molar-refractivity contribution >= 4 is 5.91 Å². The van der Waals surface area contributed by atoms with Gasteiger partial charge in [-0.05, 0) is 50.4 Å². The van der Waals surface area contributed by atoms with Crippen LogP contribution in [0.2, 0.25) is 0 Å². The number of amides is 1. The van der Waals surface area contributed by atoms with Gasteiger partial charge in [-0.1, -0.05) is 12.1 Å². The van der Waals surface area contributed by atoms with Crippen molar-refractivity contribution in [1.29, 1.82) is 0 Å². The minimum atomic E-state index is -0.455. The highest BCUT2D eigenvalue weighted by Gasteiger charge is 2.39. The summed E-state index contributed by atoms with van der Waals surface area (Å²) in [5.74, 6) is -0.103. The molecule has 22 heavy (non-hydrogen) atoms. The highest BCUT2D eigenvalue weighted by atomic mass is 19.1. The fraction of sp³-hybridized carbons (Fsp3) is 0.588. The van der Waals surface area contributed by atoms with E-state index in [0.29, 0.717) is 19.7 Å². The number of hydrogen-bond acceptors (Lipinski definition) is 3. The molecule has 4 nitrogen and oxygen atoms in total. The zero-order chi connectivity index (χ0) is 15.6. The lowest BCUT2D eigenvalue weighted by Gasteiger charge is -2.41. The third kappa shape index (κ3) is 3.15. The molecule has 2 unspecified atom stereocenters. The summed E-state index contributed by atoms with van der Waals surface area (Å²) < 4.78 is 18.8. The van der Waals surface area contributed by atoms with Crippen LogP contribution in [-0.4, -0.2) is 42.6 Å². The van der Waals surface area contributed by atoms with Gasteiger partial charge in [-0.2, -0.15) is 0 Å². The molecule has 2 fully saturated rings. The zero-order valence-electron chi connectivity index (χ0n) is 13.0. The maximum Gasteiger partial charge on any atom is 0.242 e. The Balaban J connectivity index is 1.69. The first-order chi connectivity index (χ1) is 10.6. The molecule has 0 aliphatic carbocycles. The summed E-state index contributed by atoms with van der Waals surface area (Å²) in [4.78, 5) is 14.7. The van der Waals surface area contributed by atoms with Crippen LogP contribution >= 0.6 is 0 Å². The first-order valence-electron chi connectivity index (χ1n) is 8.00. The lowest BCUT2D eigenvalue weighted by Crippen LogP contribution is -2.59. The minimum Gasteiger partial charge on any atom is -0.370 e. The molecule has 0 bridgehead atoms. The molecule has 2 saturated heterocycles. The van der Waals surface area contributed by atoms with Crippen LogP contribution < -0.4 is 5.32 Å². The number of piperidine rings is 1. The molecule has 1 N–H and O–H groups in total. The van der Waals surface area contributed by atoms with E-state index in [-0.39, 0.29) is 17.8 Å². The first-order valence-corrected chi connectivity index (χ1v) is 8.00. The molecule has 5 heteroatoms. The van der Waals surface area contributed by atoms with E-state index in [4.69, 9.17) is 4.74 Å². The molecule has 0 radical (unpaired) electrons. The summed E-state index contributed by atoms with van der Waals surface area (Å²) in [5, 5.41) is 3.37. The van der Waals surface area contributed by atoms with E-state index < -0.39 is 5.54 Å². The maximum atomic E-state index is 13.0. The lowest BCUT2D eigenvalue weighted by atomic mass is 9.89. The highest BCUT2D eigenvalue weighted by Crippen LogP contribution is 2.27. The summed E-state index contributed by atoms with van der Waals surface area (Å²) in [6.07, 6.45) is 2.92. The summed E-state index contributed by atoms with van der Waals surface area (Å²) in [5.41, 5.74) is 0.462. The topological polar surface area (TPSA) is 41.6 Å². The molecule has 2 aliphatic rings. The van der Waals surface area contributed by atoms with Crippen molar-refractivity contribution in [3.05, 3.63) is 35.6 Å². The second-order valence-corrected chi connectivity index (χ2v) is 6.38. The van der Waals surface area contributed by atoms with Crippen LogP contribution in [0.25, 0.3) is 0 Å². The van der Waals surface area contributed by atoms with Crippen LogP contribution in [-0.2, 0) is 9.53 Å². The van der Waals surface area contributed by atoms with Gasteiger partial charge in [-0.15, -0.1) is 0 Å². The number of benzene rings is 1. The molecule has 2 aliphatic heterocycles. The third-order valence-corrected chi connectivity index (χ3v) is 4.69. The van der Waals surface area contributed by atoms with Gasteiger partial charge in [0, 0.05) is 6.54 Å². The van der Waals surface area contributed by atoms with E-state index in [1.54, 1.807) is 12.1 Å². The number of carbonyl (C=O) groups is 1. The van der Waals surface area contributed by atoms with E-state index in [2.05, 4.69) is 5.32 Å². The summed E-state index contributed by atoms with van der Waals surface area (Å²) in [7, 11) is 0. The number of morpholine rings is 1. The zero-order valence-corrected chi connectivity index (χ0v) is 13.0. The fourth-order valence-electron chi connectivity index (χ4n) is 3.30. The summed E-state index contributed by atoms with van der Waals surface area (Å²) in [6, 6.07) is 6.33. The van der Waals surface area contributed by atoms with Crippen LogP contribution in [0.1, 0.15) is 37.9 Å². The standard InChI is InChI=1S/C17H23FN2O2/c1-17(8-2-3-9-19-17)16(21)20-10-11-22-15(12-20)13-4-6-14(18)7-5-13/h4-7,15,19H,2-3,8-12H2,1H3. The molecule has 0 saturated carbocycles. The van der Waals surface area contributed by atoms with Crippen LogP contribution in [0.4, 0.5) is 4.39 Å². The maximum absolute atomic E-state index is 13.0. The average Bonchev–Trinajstić information content (AvgIpc) is 2.56. The van der Waals surface area contributed by atoms with Gasteiger partial charge in [-0.25, -0.2) is 4.39 Å². The van der Waals surface area contributed by atoms with Crippen molar-refractivity contribution in [3.8, 4) is 0 Å². The van der Waals surface area contributed by atoms with Crippen LogP contribution in [0.3, 0.4) is 0 Å². The summed E-state index contributed by atoms with van der Waals surface area (Å²) in [6.45, 7) is 4.56. The van der Waals surface area contributed by atoms with Gasteiger partial charge >= 0.3 is 0 Å². The predicted molar refractivity (Wildman–Crippen MR) is 81.9 cm³/mol. The number of halogens is 1. The Morgan fingerprint density at radius 2 is 2.14 bits per heavy atom. The van der Waals surface area contributed by atoms with Crippen LogP contribution in [0, 0.1) is 5.82 Å². The van der Waals surface area contributed by atoms with Gasteiger partial charge in [0.1, 0.15) is 11.9 Å². The molecule has 0 aromatic heterocycles. The number of ether oxygens (including phenoxy) is 1. The Labute approximate surface area is 130 Å². The Bertz CT molecular complexity index is 526. The SMILES string of the molecule is CC1(C(=O)N2CCOC(c3ccc(F)cc3)C2)CCCCN1. The molecule has 120 valence electrons. The molecular formula is C17H23FN2O2. The number of hydrogen-bond donors (Lipinski definition) is 1. The number of rotatable bonds is 2. The van der Waals surface area contributed by atoms with Crippen LogP contribution in [0.5, 0.6) is 0 Å². The molecule has 2 atom stereocenters. The van der Waals surface area contributed by atoms with Gasteiger partial charge in [0.15, 0.2) is 0 Å². The third-order valence-electron chi connectivity index (χ3n) is 4.69. The second-order valence-electron chi connectivity index (χ2n) is 6.38. The average molecular weight is 306 g/mol. The van der Waals surface area contributed by atoms with Crippen molar-refractivity contribution < 1.29 is 13.9 Å². The fourth-order valence-corrected chi connectivity index (χ4v) is 3.30. The molecule has 0 spiro atoms. The van der Waals surface area contributed by atoms with Crippen molar-refractivity contribution in [2.45, 2.75) is 37.8 Å². The normalized spacial score (nSPS) is 29.4. The lowest BCUT2D eigenvalue weighted by molar-refractivity contribution is -0.146. The van der Waals surface area contributed by atoms with Gasteiger partial charge in [0.2, 0.25) is 5.91 Å². The van der Waals surface area contributed by atoms with E-state index in [0.717, 1.165) is 31.4 Å². The Morgan fingerprint density at radius 3 is 2.82 bits per heavy atom. The van der Waals surface area contributed by atoms with Gasteiger partial charge in [0.05, 0.1) is 18.7 Å². The van der Waals surface area contributed by atoms with Crippen molar-refractivity contribution in [2.75, 3.05) is 26.2 Å². The molecule has 3 rings (SSSR count). The van der Waals surface area contributed by atoms with Crippen molar-refractivity contribution in [1.82, 2.24) is 10.2 Å². The van der Waals surface area contributed by atoms with Crippen molar-refractivity contribution in [3.63, 3.8) is 0 Å². The number of carbonyl (C=O) groups excluding carboxylic acids is 1. The highest BCUT2D eigenvalue weighted by molar-refractivity contribution is 5.86. The Kier molecular flexibility index (Phi) is 4.45. The van der Waals surface area contributed by atoms with E-state index in [9.17, 15) is 9.18 Å². The van der Waals surface area contributed by atoms with E-state index in [1.807, 2.05) is 11.8 Å². The van der Waals surface area contributed by atoms with Crippen LogP contribution in [0.15, 0.2) is 24.3 Å². The quantitative estimate of drug-likeness (QED) is 0.911. The smallest absolute Gasteiger partial charge is 0.242 e. The second kappa shape index (κ2) is 6.34. The van der Waals surface area contributed by atoms with Crippen molar-refractivity contribution in [2.24, 2.45) is 0 Å². The van der Waals surface area contributed by atoms with Gasteiger partial charge in [0.25, 0.3) is 0 Å². The summed E-state index contributed by atoms with van der Waals surface area (Å²) >= 11 is 0. The monoisotopic (exact) mass is 306 g/mol. The van der Waals surface area contributed by atoms with Gasteiger partial charge in [-0.3, -0.25) is 4.79 Å². The Morgan fingerprint density at radius 1 is 1.36 bits per heavy atom. The molecule has 2 heterocycles. The molecule has 1 amide bonds. The van der Waals surface area contributed by atoms with Gasteiger partial charge < -0.3 is 15.0 Å². The molecule has 1 aromatic rings.